The molecule has 0 bridgehead atoms. The fourth-order valence-electron chi connectivity index (χ4n) is 4.28. The third-order valence-corrected chi connectivity index (χ3v) is 5.90. The number of ether oxygens (including phenoxy) is 1. The Bertz CT molecular complexity index is 1140. The van der Waals surface area contributed by atoms with Crippen molar-refractivity contribution in [3.63, 3.8) is 0 Å². The Labute approximate surface area is 184 Å². The molecule has 4 rings (SSSR count). The van der Waals surface area contributed by atoms with Crippen molar-refractivity contribution in [1.82, 2.24) is 15.2 Å². The van der Waals surface area contributed by atoms with Gasteiger partial charge in [-0.1, -0.05) is 0 Å². The Balaban J connectivity index is 1.54. The Morgan fingerprint density at radius 2 is 2.12 bits per heavy atom. The number of nitrogens with one attached hydrogen (secondary N) is 3. The maximum atomic E-state index is 13.7. The van der Waals surface area contributed by atoms with Crippen molar-refractivity contribution in [3.05, 3.63) is 52.1 Å². The monoisotopic (exact) mass is 440 g/mol. The van der Waals surface area contributed by atoms with Crippen molar-refractivity contribution in [2.24, 2.45) is 0 Å². The van der Waals surface area contributed by atoms with Gasteiger partial charge in [0, 0.05) is 48.9 Å². The van der Waals surface area contributed by atoms with Gasteiger partial charge in [-0.2, -0.15) is 0 Å². The lowest BCUT2D eigenvalue weighted by Crippen LogP contribution is -2.39. The summed E-state index contributed by atoms with van der Waals surface area (Å²) in [7, 11) is 1.47. The molecule has 1 saturated heterocycles. The standard InChI is InChI=1S/C23H25FN4O4/c1-12-19(9-17-16-8-14(24)4-5-18(16)27-22(17)30)25-13(2)21(12)23(31)26-15-6-7-28(10-15)20(29)11-32-3/h4-5,8-9,15,25H,6-7,10-11H2,1-3H3,(H,26,31)(H,27,30)/b17-9-/t15-/m0/s1. The SMILES string of the molecule is COCC(=O)N1CC[C@H](NC(=O)c2c(C)[nH]c(/C=C3\C(=O)Nc4ccc(F)cc43)c2C)C1. The molecule has 9 heteroatoms. The number of likely N-dealkylation sites (tertiary alicyclic amines) is 1. The number of anilines is 1. The van der Waals surface area contributed by atoms with Crippen LogP contribution in [0.15, 0.2) is 18.2 Å². The molecule has 1 fully saturated rings. The molecular weight excluding hydrogens is 415 g/mol. The molecule has 1 aromatic carbocycles. The minimum absolute atomic E-state index is 0.0231. The second-order valence-electron chi connectivity index (χ2n) is 8.10. The lowest BCUT2D eigenvalue weighted by atomic mass is 10.0. The predicted molar refractivity (Wildman–Crippen MR) is 117 cm³/mol. The van der Waals surface area contributed by atoms with Crippen molar-refractivity contribution in [2.45, 2.75) is 26.3 Å². The number of aromatic nitrogens is 1. The molecule has 32 heavy (non-hydrogen) atoms. The highest BCUT2D eigenvalue weighted by molar-refractivity contribution is 6.34. The number of H-pyrrole nitrogens is 1. The van der Waals surface area contributed by atoms with Crippen LogP contribution >= 0.6 is 0 Å². The van der Waals surface area contributed by atoms with Crippen LogP contribution in [0.1, 0.15) is 39.3 Å². The summed E-state index contributed by atoms with van der Waals surface area (Å²) in [6, 6.07) is 3.99. The van der Waals surface area contributed by atoms with Crippen molar-refractivity contribution in [1.29, 1.82) is 0 Å². The second kappa shape index (κ2) is 8.58. The zero-order valence-corrected chi connectivity index (χ0v) is 18.2. The molecule has 0 unspecified atom stereocenters. The Kier molecular flexibility index (Phi) is 5.84. The first kappa shape index (κ1) is 21.8. The van der Waals surface area contributed by atoms with Crippen molar-refractivity contribution < 1.29 is 23.5 Å². The van der Waals surface area contributed by atoms with Crippen LogP contribution in [0.4, 0.5) is 10.1 Å². The van der Waals surface area contributed by atoms with Crippen LogP contribution in [-0.2, 0) is 14.3 Å². The van der Waals surface area contributed by atoms with Crippen LogP contribution in [0.5, 0.6) is 0 Å². The number of halogens is 1. The number of aryl methyl sites for hydroxylation is 1. The summed E-state index contributed by atoms with van der Waals surface area (Å²) in [4.78, 5) is 42.2. The van der Waals surface area contributed by atoms with Gasteiger partial charge in [0.1, 0.15) is 12.4 Å². The van der Waals surface area contributed by atoms with Crippen LogP contribution in [-0.4, -0.2) is 60.5 Å². The number of aromatic amines is 1. The number of carbonyl (C=O) groups excluding carboxylic acids is 3. The lowest BCUT2D eigenvalue weighted by Gasteiger charge is -2.17. The van der Waals surface area contributed by atoms with E-state index in [-0.39, 0.29) is 30.4 Å². The molecule has 2 aromatic rings. The molecule has 0 aliphatic carbocycles. The number of benzene rings is 1. The molecule has 2 aliphatic rings. The first-order valence-electron chi connectivity index (χ1n) is 10.4. The van der Waals surface area contributed by atoms with E-state index in [1.807, 2.05) is 0 Å². The Hall–Kier alpha value is -3.46. The van der Waals surface area contributed by atoms with E-state index in [4.69, 9.17) is 4.74 Å². The van der Waals surface area contributed by atoms with E-state index < -0.39 is 5.82 Å². The summed E-state index contributed by atoms with van der Waals surface area (Å²) in [5.74, 6) is -1.09. The van der Waals surface area contributed by atoms with Gasteiger partial charge < -0.3 is 25.3 Å². The highest BCUT2D eigenvalue weighted by Gasteiger charge is 2.29. The normalized spacial score (nSPS) is 18.8. The summed E-state index contributed by atoms with van der Waals surface area (Å²) in [5, 5.41) is 5.72. The van der Waals surface area contributed by atoms with E-state index in [1.165, 1.54) is 25.3 Å². The van der Waals surface area contributed by atoms with Gasteiger partial charge >= 0.3 is 0 Å². The number of carbonyl (C=O) groups is 3. The number of hydrogen-bond acceptors (Lipinski definition) is 4. The molecular formula is C23H25FN4O4. The van der Waals surface area contributed by atoms with Crippen LogP contribution in [0.3, 0.4) is 0 Å². The Morgan fingerprint density at radius 1 is 1.34 bits per heavy atom. The van der Waals surface area contributed by atoms with E-state index in [0.717, 1.165) is 0 Å². The highest BCUT2D eigenvalue weighted by atomic mass is 19.1. The number of fused-ring (bicyclic) bond motifs is 1. The van der Waals surface area contributed by atoms with Crippen molar-refractivity contribution in [3.8, 4) is 0 Å². The summed E-state index contributed by atoms with van der Waals surface area (Å²) in [6.45, 7) is 4.62. The largest absolute Gasteiger partial charge is 0.375 e. The predicted octanol–water partition coefficient (Wildman–Crippen LogP) is 2.24. The third kappa shape index (κ3) is 4.03. The second-order valence-corrected chi connectivity index (χ2v) is 8.10. The Morgan fingerprint density at radius 3 is 2.88 bits per heavy atom. The lowest BCUT2D eigenvalue weighted by molar-refractivity contribution is -0.134. The number of methoxy groups -OCH3 is 1. The van der Waals surface area contributed by atoms with Gasteiger partial charge in [-0.25, -0.2) is 4.39 Å². The summed E-state index contributed by atoms with van der Waals surface area (Å²) in [6.07, 6.45) is 2.31. The maximum Gasteiger partial charge on any atom is 0.256 e. The number of rotatable bonds is 5. The molecule has 1 atom stereocenters. The topological polar surface area (TPSA) is 104 Å². The minimum atomic E-state index is -0.430. The molecule has 0 saturated carbocycles. The van der Waals surface area contributed by atoms with Gasteiger partial charge in [-0.15, -0.1) is 0 Å². The molecule has 168 valence electrons. The number of amides is 3. The molecule has 0 radical (unpaired) electrons. The van der Waals surface area contributed by atoms with E-state index in [0.29, 0.717) is 58.8 Å². The number of hydrogen-bond donors (Lipinski definition) is 3. The molecule has 8 nitrogen and oxygen atoms in total. The molecule has 3 heterocycles. The zero-order chi connectivity index (χ0) is 23.0. The van der Waals surface area contributed by atoms with Crippen LogP contribution < -0.4 is 10.6 Å². The third-order valence-electron chi connectivity index (χ3n) is 5.90. The van der Waals surface area contributed by atoms with E-state index in [2.05, 4.69) is 15.6 Å². The molecule has 3 amide bonds. The summed E-state index contributed by atoms with van der Waals surface area (Å²) < 4.78 is 18.6. The molecule has 2 aliphatic heterocycles. The van der Waals surface area contributed by atoms with Gasteiger partial charge in [0.2, 0.25) is 5.91 Å². The van der Waals surface area contributed by atoms with Crippen LogP contribution in [0, 0.1) is 19.7 Å². The average molecular weight is 440 g/mol. The first-order valence-corrected chi connectivity index (χ1v) is 10.4. The minimum Gasteiger partial charge on any atom is -0.375 e. The van der Waals surface area contributed by atoms with Gasteiger partial charge in [-0.3, -0.25) is 14.4 Å². The fraction of sp³-hybridized carbons (Fsp3) is 0.348. The quantitative estimate of drug-likeness (QED) is 0.621. The maximum absolute atomic E-state index is 13.7. The molecule has 1 aromatic heterocycles. The average Bonchev–Trinajstić information content (AvgIpc) is 3.40. The van der Waals surface area contributed by atoms with E-state index in [9.17, 15) is 18.8 Å². The highest BCUT2D eigenvalue weighted by Crippen LogP contribution is 2.34. The molecule has 3 N–H and O–H groups in total. The first-order chi connectivity index (χ1) is 15.3. The fourth-order valence-corrected chi connectivity index (χ4v) is 4.28. The van der Waals surface area contributed by atoms with Gasteiger partial charge in [0.15, 0.2) is 0 Å². The van der Waals surface area contributed by atoms with E-state index in [1.54, 1.807) is 24.8 Å². The smallest absolute Gasteiger partial charge is 0.256 e. The van der Waals surface area contributed by atoms with Gasteiger partial charge in [-0.05, 0) is 50.1 Å². The van der Waals surface area contributed by atoms with Crippen LogP contribution in [0.25, 0.3) is 11.6 Å². The van der Waals surface area contributed by atoms with Crippen LogP contribution in [0.2, 0.25) is 0 Å². The summed E-state index contributed by atoms with van der Waals surface area (Å²) >= 11 is 0. The molecule has 0 spiro atoms. The van der Waals surface area contributed by atoms with E-state index >= 15 is 0 Å². The number of nitrogens with zero attached hydrogens (tertiary/aromatic N) is 1. The van der Waals surface area contributed by atoms with Crippen molar-refractivity contribution in [2.75, 3.05) is 32.1 Å². The van der Waals surface area contributed by atoms with Gasteiger partial charge in [0.05, 0.1) is 11.1 Å². The van der Waals surface area contributed by atoms with Gasteiger partial charge in [0.25, 0.3) is 11.8 Å². The van der Waals surface area contributed by atoms with Crippen molar-refractivity contribution >= 4 is 35.1 Å². The summed E-state index contributed by atoms with van der Waals surface area (Å²) in [5.41, 5.74) is 3.83. The zero-order valence-electron chi connectivity index (χ0n) is 18.2.